The number of carbonyl (C=O) groups is 3. The van der Waals surface area contributed by atoms with Crippen LogP contribution in [0.4, 0.5) is 0 Å². The predicted octanol–water partition coefficient (Wildman–Crippen LogP) is 7.06. The van der Waals surface area contributed by atoms with Crippen molar-refractivity contribution in [2.24, 2.45) is 0 Å². The summed E-state index contributed by atoms with van der Waals surface area (Å²) in [5.41, 5.74) is 3.92. The van der Waals surface area contributed by atoms with Crippen molar-refractivity contribution in [1.82, 2.24) is 20.6 Å². The number of aromatic nitrogens is 2. The third-order valence-electron chi connectivity index (χ3n) is 7.61. The summed E-state index contributed by atoms with van der Waals surface area (Å²) in [5.74, 6) is -1.27. The van der Waals surface area contributed by atoms with Crippen molar-refractivity contribution in [3.63, 3.8) is 0 Å². The highest BCUT2D eigenvalue weighted by atomic mass is 32.1. The van der Waals surface area contributed by atoms with E-state index in [9.17, 15) is 14.4 Å². The third kappa shape index (κ3) is 10.7. The molecular formula is C37H44N4O5S. The molecule has 4 rings (SSSR count). The Morgan fingerprint density at radius 2 is 1.47 bits per heavy atom. The maximum atomic E-state index is 13.1. The number of hydrogen-bond donors (Lipinski definition) is 3. The number of carboxylic acids is 1. The summed E-state index contributed by atoms with van der Waals surface area (Å²) in [7, 11) is 0. The summed E-state index contributed by atoms with van der Waals surface area (Å²) in [6, 6.07) is 18.1. The van der Waals surface area contributed by atoms with Crippen LogP contribution in [0.15, 0.2) is 73.1 Å². The molecule has 0 radical (unpaired) electrons. The Morgan fingerprint density at radius 3 is 2.02 bits per heavy atom. The molecule has 0 aliphatic carbocycles. The lowest BCUT2D eigenvalue weighted by Gasteiger charge is -2.18. The van der Waals surface area contributed by atoms with E-state index < -0.39 is 24.5 Å². The van der Waals surface area contributed by atoms with Crippen LogP contribution in [-0.2, 0) is 21.4 Å². The van der Waals surface area contributed by atoms with E-state index in [0.717, 1.165) is 46.0 Å². The van der Waals surface area contributed by atoms with Gasteiger partial charge in [0, 0.05) is 22.4 Å². The van der Waals surface area contributed by atoms with Crippen LogP contribution in [0.5, 0.6) is 5.75 Å². The number of rotatable bonds is 16. The number of nitrogens with zero attached hydrogens (tertiary/aromatic N) is 2. The van der Waals surface area contributed by atoms with Crippen LogP contribution in [0.3, 0.4) is 0 Å². The molecule has 0 fully saturated rings. The molecule has 0 aliphatic heterocycles. The Bertz CT molecular complexity index is 1610. The van der Waals surface area contributed by atoms with Crippen molar-refractivity contribution >= 4 is 29.1 Å². The van der Waals surface area contributed by atoms with E-state index in [-0.39, 0.29) is 17.7 Å². The van der Waals surface area contributed by atoms with Gasteiger partial charge >= 0.3 is 5.97 Å². The largest absolute Gasteiger partial charge is 0.494 e. The minimum atomic E-state index is -1.16. The first kappa shape index (κ1) is 35.3. The highest BCUT2D eigenvalue weighted by molar-refractivity contribution is 7.14. The van der Waals surface area contributed by atoms with Gasteiger partial charge < -0.3 is 20.5 Å². The Kier molecular flexibility index (Phi) is 12.6. The number of hydrogen-bond acceptors (Lipinski definition) is 7. The molecule has 9 nitrogen and oxygen atoms in total. The molecule has 0 aliphatic rings. The van der Waals surface area contributed by atoms with Gasteiger partial charge in [0.05, 0.1) is 35.3 Å². The van der Waals surface area contributed by atoms with Gasteiger partial charge in [-0.15, -0.1) is 11.3 Å². The SMILES string of the molecule is CCCCCCCOc1ccc(-c2cnc(-c3ccc(CC(NC(=O)c4ccc(C(C)(C)C)s4)C(=O)NCC(=O)O)cc3)cn2)cc1. The number of carboxylic acid groups (broad SMARTS) is 1. The van der Waals surface area contributed by atoms with Gasteiger partial charge in [0.2, 0.25) is 5.91 Å². The number of ether oxygens (including phenoxy) is 1. The first-order valence-electron chi connectivity index (χ1n) is 16.1. The highest BCUT2D eigenvalue weighted by Gasteiger charge is 2.25. The summed E-state index contributed by atoms with van der Waals surface area (Å²) < 4.78 is 5.87. The molecule has 47 heavy (non-hydrogen) atoms. The summed E-state index contributed by atoms with van der Waals surface area (Å²) >= 11 is 1.37. The Hall–Kier alpha value is -4.57. The number of aliphatic carboxylic acids is 1. The molecule has 0 bridgehead atoms. The van der Waals surface area contributed by atoms with Crippen LogP contribution >= 0.6 is 11.3 Å². The maximum Gasteiger partial charge on any atom is 0.322 e. The quantitative estimate of drug-likeness (QED) is 0.110. The molecule has 0 saturated heterocycles. The minimum Gasteiger partial charge on any atom is -0.494 e. The Labute approximate surface area is 280 Å². The van der Waals surface area contributed by atoms with Crippen LogP contribution < -0.4 is 15.4 Å². The lowest BCUT2D eigenvalue weighted by atomic mass is 9.95. The van der Waals surface area contributed by atoms with Gasteiger partial charge in [-0.2, -0.15) is 0 Å². The molecule has 3 N–H and O–H groups in total. The third-order valence-corrected chi connectivity index (χ3v) is 9.12. The zero-order valence-electron chi connectivity index (χ0n) is 27.5. The number of carbonyl (C=O) groups excluding carboxylic acids is 2. The van der Waals surface area contributed by atoms with Crippen LogP contribution in [0, 0.1) is 0 Å². The van der Waals surface area contributed by atoms with E-state index in [1.54, 1.807) is 18.5 Å². The van der Waals surface area contributed by atoms with Crippen LogP contribution in [0.25, 0.3) is 22.5 Å². The van der Waals surface area contributed by atoms with Crippen molar-refractivity contribution < 1.29 is 24.2 Å². The van der Waals surface area contributed by atoms with Crippen LogP contribution in [0.2, 0.25) is 0 Å². The van der Waals surface area contributed by atoms with Crippen molar-refractivity contribution in [1.29, 1.82) is 0 Å². The topological polar surface area (TPSA) is 131 Å². The fourth-order valence-corrected chi connectivity index (χ4v) is 5.85. The minimum absolute atomic E-state index is 0.109. The molecule has 4 aromatic rings. The molecule has 1 atom stereocenters. The lowest BCUT2D eigenvalue weighted by molar-refractivity contribution is -0.138. The molecule has 2 aromatic carbocycles. The summed E-state index contributed by atoms with van der Waals surface area (Å²) in [6.45, 7) is 8.59. The number of unbranched alkanes of at least 4 members (excludes halogenated alkanes) is 4. The van der Waals surface area contributed by atoms with E-state index in [1.807, 2.05) is 54.6 Å². The molecule has 1 unspecified atom stereocenters. The first-order chi connectivity index (χ1) is 22.5. The fourth-order valence-electron chi connectivity index (χ4n) is 4.88. The maximum absolute atomic E-state index is 13.1. The molecule has 0 saturated carbocycles. The molecule has 248 valence electrons. The van der Waals surface area contributed by atoms with Crippen molar-refractivity contribution in [2.75, 3.05) is 13.2 Å². The second-order valence-electron chi connectivity index (χ2n) is 12.5. The summed E-state index contributed by atoms with van der Waals surface area (Å²) in [5, 5.41) is 14.2. The number of thiophene rings is 1. The van der Waals surface area contributed by atoms with Gasteiger partial charge in [0.1, 0.15) is 18.3 Å². The van der Waals surface area contributed by atoms with Crippen molar-refractivity contribution in [2.45, 2.75) is 77.7 Å². The van der Waals surface area contributed by atoms with Gasteiger partial charge in [-0.25, -0.2) is 0 Å². The van der Waals surface area contributed by atoms with Gasteiger partial charge in [0.15, 0.2) is 0 Å². The zero-order chi connectivity index (χ0) is 33.8. The van der Waals surface area contributed by atoms with Crippen molar-refractivity contribution in [3.8, 4) is 28.3 Å². The lowest BCUT2D eigenvalue weighted by Crippen LogP contribution is -2.49. The number of amides is 2. The molecular weight excluding hydrogens is 612 g/mol. The second-order valence-corrected chi connectivity index (χ2v) is 13.6. The van der Waals surface area contributed by atoms with E-state index in [4.69, 9.17) is 9.84 Å². The number of nitrogens with one attached hydrogen (secondary N) is 2. The van der Waals surface area contributed by atoms with Crippen LogP contribution in [-0.4, -0.2) is 52.1 Å². The Balaban J connectivity index is 1.38. The van der Waals surface area contributed by atoms with E-state index in [2.05, 4.69) is 48.3 Å². The van der Waals surface area contributed by atoms with Gasteiger partial charge in [0.25, 0.3) is 5.91 Å². The molecule has 10 heteroatoms. The highest BCUT2D eigenvalue weighted by Crippen LogP contribution is 2.29. The van der Waals surface area contributed by atoms with Crippen molar-refractivity contribution in [3.05, 3.63) is 88.4 Å². The summed E-state index contributed by atoms with van der Waals surface area (Å²) in [6.07, 6.45) is 9.64. The van der Waals surface area contributed by atoms with Gasteiger partial charge in [-0.1, -0.05) is 77.6 Å². The predicted molar refractivity (Wildman–Crippen MR) is 186 cm³/mol. The molecule has 2 aromatic heterocycles. The Morgan fingerprint density at radius 1 is 0.851 bits per heavy atom. The normalized spacial score (nSPS) is 11.9. The standard InChI is InChI=1S/C37H44N4O5S/c1-5-6-7-8-9-20-46-28-16-14-27(15-17-28)31-23-38-30(22-39-31)26-12-10-25(11-13-26)21-29(35(44)40-24-34(42)43)41-36(45)32-18-19-33(47-32)37(2,3)4/h10-19,22-23,29H,5-9,20-21,24H2,1-4H3,(H,40,44)(H,41,45)(H,42,43). The average molecular weight is 657 g/mol. The molecule has 2 heterocycles. The zero-order valence-corrected chi connectivity index (χ0v) is 28.4. The smallest absolute Gasteiger partial charge is 0.322 e. The molecule has 0 spiro atoms. The average Bonchev–Trinajstić information content (AvgIpc) is 3.58. The first-order valence-corrected chi connectivity index (χ1v) is 16.9. The molecule has 2 amide bonds. The van der Waals surface area contributed by atoms with Gasteiger partial charge in [-0.05, 0) is 53.8 Å². The van der Waals surface area contributed by atoms with E-state index in [0.29, 0.717) is 10.6 Å². The van der Waals surface area contributed by atoms with Crippen LogP contribution in [0.1, 0.15) is 79.9 Å². The fraction of sp³-hybridized carbons (Fsp3) is 0.378. The van der Waals surface area contributed by atoms with Gasteiger partial charge in [-0.3, -0.25) is 24.4 Å². The summed E-state index contributed by atoms with van der Waals surface area (Å²) in [4.78, 5) is 47.8. The monoisotopic (exact) mass is 656 g/mol. The second kappa shape index (κ2) is 16.8. The van der Waals surface area contributed by atoms with E-state index >= 15 is 0 Å². The van der Waals surface area contributed by atoms with E-state index in [1.165, 1.54) is 37.0 Å². The number of benzene rings is 2.